The third-order valence-corrected chi connectivity index (χ3v) is 3.09. The molecular weight excluding hydrogens is 282 g/mol. The Morgan fingerprint density at radius 1 is 0.905 bits per heavy atom. The molecule has 1 heterocycles. The lowest BCUT2D eigenvalue weighted by Gasteiger charge is -2.08. The maximum absolute atomic E-state index is 5.08. The molecule has 21 heavy (non-hydrogen) atoms. The van der Waals surface area contributed by atoms with Crippen LogP contribution in [-0.4, -0.2) is 28.0 Å². The van der Waals surface area contributed by atoms with Gasteiger partial charge in [0.05, 0.1) is 0 Å². The van der Waals surface area contributed by atoms with Gasteiger partial charge < -0.3 is 10.6 Å². The van der Waals surface area contributed by atoms with Gasteiger partial charge in [-0.2, -0.15) is 9.97 Å². The van der Waals surface area contributed by atoms with Crippen molar-refractivity contribution in [3.8, 4) is 0 Å². The standard InChI is InChI=1S/C15H25N5S/c1-3-5-7-9-11-16-13-18-14(20-15(21)19-13)17-12-10-8-6-4-2/h3-4H,1-2,5-12H2,(H3,16,17,18,19,20,21). The lowest BCUT2D eigenvalue weighted by molar-refractivity contribution is 0.767. The van der Waals surface area contributed by atoms with Crippen LogP contribution in [0.3, 0.4) is 0 Å². The molecule has 0 saturated heterocycles. The van der Waals surface area contributed by atoms with E-state index in [0.29, 0.717) is 16.7 Å². The van der Waals surface area contributed by atoms with E-state index in [4.69, 9.17) is 12.2 Å². The Labute approximate surface area is 132 Å². The molecule has 0 spiro atoms. The summed E-state index contributed by atoms with van der Waals surface area (Å²) in [6, 6.07) is 0. The third-order valence-electron chi connectivity index (χ3n) is 2.91. The van der Waals surface area contributed by atoms with Crippen molar-refractivity contribution in [2.24, 2.45) is 0 Å². The second kappa shape index (κ2) is 11.0. The van der Waals surface area contributed by atoms with Crippen LogP contribution in [0.2, 0.25) is 0 Å². The number of aromatic amines is 1. The fourth-order valence-corrected chi connectivity index (χ4v) is 1.98. The molecule has 0 atom stereocenters. The van der Waals surface area contributed by atoms with Crippen LogP contribution in [0.1, 0.15) is 38.5 Å². The second-order valence-electron chi connectivity index (χ2n) is 4.75. The maximum Gasteiger partial charge on any atom is 0.225 e. The first kappa shape index (κ1) is 17.4. The number of nitrogens with one attached hydrogen (secondary N) is 3. The summed E-state index contributed by atoms with van der Waals surface area (Å²) < 4.78 is 0.343. The molecule has 0 aromatic carbocycles. The van der Waals surface area contributed by atoms with Crippen LogP contribution in [0.5, 0.6) is 0 Å². The summed E-state index contributed by atoms with van der Waals surface area (Å²) >= 11 is 5.08. The van der Waals surface area contributed by atoms with Crippen molar-refractivity contribution in [3.63, 3.8) is 0 Å². The Hall–Kier alpha value is -1.69. The molecule has 116 valence electrons. The van der Waals surface area contributed by atoms with E-state index in [1.54, 1.807) is 0 Å². The van der Waals surface area contributed by atoms with Crippen molar-refractivity contribution in [2.75, 3.05) is 23.7 Å². The number of hydrogen-bond donors (Lipinski definition) is 3. The van der Waals surface area contributed by atoms with Gasteiger partial charge in [-0.1, -0.05) is 12.2 Å². The van der Waals surface area contributed by atoms with Crippen molar-refractivity contribution in [1.29, 1.82) is 0 Å². The van der Waals surface area contributed by atoms with E-state index in [1.807, 2.05) is 12.2 Å². The molecule has 0 unspecified atom stereocenters. The summed E-state index contributed by atoms with van der Waals surface area (Å²) in [5.41, 5.74) is 0. The fourth-order valence-electron chi connectivity index (χ4n) is 1.79. The van der Waals surface area contributed by atoms with E-state index < -0.39 is 0 Å². The number of rotatable bonds is 12. The number of unbranched alkanes of at least 4 members (excludes halogenated alkanes) is 4. The van der Waals surface area contributed by atoms with Crippen LogP contribution >= 0.6 is 12.2 Å². The highest BCUT2D eigenvalue weighted by Gasteiger charge is 1.99. The summed E-state index contributed by atoms with van der Waals surface area (Å²) in [6.45, 7) is 9.14. The highest BCUT2D eigenvalue weighted by atomic mass is 32.1. The summed E-state index contributed by atoms with van der Waals surface area (Å²) in [4.78, 5) is 11.5. The van der Waals surface area contributed by atoms with Gasteiger partial charge in [-0.05, 0) is 50.7 Å². The van der Waals surface area contributed by atoms with Crippen molar-refractivity contribution in [1.82, 2.24) is 15.0 Å². The van der Waals surface area contributed by atoms with Gasteiger partial charge in [0.2, 0.25) is 16.7 Å². The van der Waals surface area contributed by atoms with Crippen molar-refractivity contribution in [3.05, 3.63) is 30.1 Å². The Morgan fingerprint density at radius 2 is 1.38 bits per heavy atom. The molecule has 5 nitrogen and oxygen atoms in total. The van der Waals surface area contributed by atoms with E-state index in [2.05, 4.69) is 38.7 Å². The number of hydrogen-bond acceptors (Lipinski definition) is 5. The molecule has 0 aliphatic carbocycles. The molecule has 0 radical (unpaired) electrons. The Bertz CT molecular complexity index is 444. The lowest BCUT2D eigenvalue weighted by atomic mass is 10.2. The van der Waals surface area contributed by atoms with Crippen LogP contribution in [-0.2, 0) is 0 Å². The third kappa shape index (κ3) is 8.24. The molecule has 3 N–H and O–H groups in total. The van der Waals surface area contributed by atoms with E-state index in [1.165, 1.54) is 0 Å². The van der Waals surface area contributed by atoms with Gasteiger partial charge in [0.25, 0.3) is 0 Å². The molecule has 0 saturated carbocycles. The smallest absolute Gasteiger partial charge is 0.225 e. The zero-order valence-electron chi connectivity index (χ0n) is 12.5. The summed E-state index contributed by atoms with van der Waals surface area (Å²) in [7, 11) is 0. The van der Waals surface area contributed by atoms with E-state index in [-0.39, 0.29) is 0 Å². The van der Waals surface area contributed by atoms with Gasteiger partial charge in [-0.15, -0.1) is 13.2 Å². The highest BCUT2D eigenvalue weighted by molar-refractivity contribution is 7.71. The SMILES string of the molecule is C=CCCCCNc1nc(=S)nc(NCCCCC=C)[nH]1. The monoisotopic (exact) mass is 307 g/mol. The quantitative estimate of drug-likeness (QED) is 0.308. The minimum Gasteiger partial charge on any atom is -0.356 e. The van der Waals surface area contributed by atoms with Crippen molar-refractivity contribution < 1.29 is 0 Å². The normalized spacial score (nSPS) is 10.1. The number of aromatic nitrogens is 3. The highest BCUT2D eigenvalue weighted by Crippen LogP contribution is 2.05. The fraction of sp³-hybridized carbons (Fsp3) is 0.533. The predicted octanol–water partition coefficient (Wildman–Crippen LogP) is 4.07. The minimum absolute atomic E-state index is 0.343. The van der Waals surface area contributed by atoms with E-state index in [9.17, 15) is 0 Å². The molecular formula is C15H25N5S. The summed E-state index contributed by atoms with van der Waals surface area (Å²) in [5, 5.41) is 6.47. The first-order valence-electron chi connectivity index (χ1n) is 7.44. The number of H-pyrrole nitrogens is 1. The van der Waals surface area contributed by atoms with Crippen LogP contribution in [0.4, 0.5) is 11.9 Å². The van der Waals surface area contributed by atoms with Gasteiger partial charge >= 0.3 is 0 Å². The molecule has 0 bridgehead atoms. The first-order valence-corrected chi connectivity index (χ1v) is 7.85. The van der Waals surface area contributed by atoms with E-state index in [0.717, 1.165) is 51.6 Å². The molecule has 6 heteroatoms. The molecule has 1 aromatic heterocycles. The lowest BCUT2D eigenvalue weighted by Crippen LogP contribution is -2.10. The first-order chi connectivity index (χ1) is 10.3. The Balaban J connectivity index is 2.37. The molecule has 0 fully saturated rings. The van der Waals surface area contributed by atoms with Gasteiger partial charge in [-0.25, -0.2) is 0 Å². The van der Waals surface area contributed by atoms with Crippen LogP contribution in [0, 0.1) is 4.77 Å². The zero-order valence-corrected chi connectivity index (χ0v) is 13.3. The van der Waals surface area contributed by atoms with E-state index >= 15 is 0 Å². The molecule has 0 amide bonds. The zero-order chi connectivity index (χ0) is 15.3. The molecule has 1 rings (SSSR count). The number of allylic oxidation sites excluding steroid dienone is 2. The van der Waals surface area contributed by atoms with Gasteiger partial charge in [0, 0.05) is 13.1 Å². The Morgan fingerprint density at radius 3 is 1.81 bits per heavy atom. The van der Waals surface area contributed by atoms with Crippen LogP contribution in [0.25, 0.3) is 0 Å². The molecule has 0 aliphatic heterocycles. The molecule has 0 aliphatic rings. The Kier molecular flexibility index (Phi) is 9.11. The molecule has 1 aromatic rings. The average Bonchev–Trinajstić information content (AvgIpc) is 2.46. The van der Waals surface area contributed by atoms with Gasteiger partial charge in [0.15, 0.2) is 0 Å². The average molecular weight is 307 g/mol. The topological polar surface area (TPSA) is 65.6 Å². The summed E-state index contributed by atoms with van der Waals surface area (Å²) in [6.07, 6.45) is 10.3. The van der Waals surface area contributed by atoms with Crippen molar-refractivity contribution in [2.45, 2.75) is 38.5 Å². The maximum atomic E-state index is 5.08. The van der Waals surface area contributed by atoms with Gasteiger partial charge in [-0.3, -0.25) is 4.98 Å². The number of anilines is 2. The summed E-state index contributed by atoms with van der Waals surface area (Å²) in [5.74, 6) is 1.34. The number of nitrogens with zero attached hydrogens (tertiary/aromatic N) is 2. The van der Waals surface area contributed by atoms with Crippen LogP contribution < -0.4 is 10.6 Å². The second-order valence-corrected chi connectivity index (χ2v) is 5.12. The van der Waals surface area contributed by atoms with Crippen LogP contribution in [0.15, 0.2) is 25.3 Å². The van der Waals surface area contributed by atoms with Crippen molar-refractivity contribution >= 4 is 24.1 Å². The van der Waals surface area contributed by atoms with Gasteiger partial charge in [0.1, 0.15) is 0 Å². The minimum atomic E-state index is 0.343. The predicted molar refractivity (Wildman–Crippen MR) is 92.3 cm³/mol. The largest absolute Gasteiger partial charge is 0.356 e.